The van der Waals surface area contributed by atoms with Crippen LogP contribution in [0, 0.1) is 5.92 Å². The minimum absolute atomic E-state index is 0.378. The van der Waals surface area contributed by atoms with Crippen molar-refractivity contribution in [3.63, 3.8) is 0 Å². The summed E-state index contributed by atoms with van der Waals surface area (Å²) in [6.45, 7) is 0. The van der Waals surface area contributed by atoms with Gasteiger partial charge < -0.3 is 0 Å². The van der Waals surface area contributed by atoms with Gasteiger partial charge in [0.1, 0.15) is 5.78 Å². The second-order valence-electron chi connectivity index (χ2n) is 5.49. The standard InChI is InChI=1S/C17H24O/c18-17(16-12-6-1-2-7-13-16)14-8-11-15-9-4-3-5-10-15/h3-5,9-10,16H,1-2,6-8,11-14H2. The molecule has 1 aliphatic rings. The van der Waals surface area contributed by atoms with Crippen LogP contribution in [-0.4, -0.2) is 5.78 Å². The fraction of sp³-hybridized carbons (Fsp3) is 0.588. The highest BCUT2D eigenvalue weighted by Crippen LogP contribution is 2.25. The van der Waals surface area contributed by atoms with Crippen LogP contribution in [0.5, 0.6) is 0 Å². The first-order valence-electron chi connectivity index (χ1n) is 7.43. The van der Waals surface area contributed by atoms with Crippen LogP contribution in [-0.2, 0) is 11.2 Å². The Morgan fingerprint density at radius 2 is 1.67 bits per heavy atom. The van der Waals surface area contributed by atoms with Crippen molar-refractivity contribution in [2.24, 2.45) is 5.92 Å². The Bertz CT molecular complexity index is 347. The average Bonchev–Trinajstić information content (AvgIpc) is 2.69. The molecule has 0 saturated heterocycles. The maximum atomic E-state index is 12.1. The van der Waals surface area contributed by atoms with Gasteiger partial charge in [-0.3, -0.25) is 4.79 Å². The molecule has 1 heteroatoms. The number of hydrogen-bond donors (Lipinski definition) is 0. The predicted octanol–water partition coefficient (Wildman–Crippen LogP) is 4.55. The molecule has 0 bridgehead atoms. The molecule has 1 fully saturated rings. The van der Waals surface area contributed by atoms with Crippen molar-refractivity contribution in [2.45, 2.75) is 57.8 Å². The third-order valence-electron chi connectivity index (χ3n) is 4.04. The van der Waals surface area contributed by atoms with Gasteiger partial charge in [0, 0.05) is 12.3 Å². The molecule has 0 amide bonds. The van der Waals surface area contributed by atoms with Crippen LogP contribution in [0.2, 0.25) is 0 Å². The second-order valence-corrected chi connectivity index (χ2v) is 5.49. The Labute approximate surface area is 111 Å². The Kier molecular flexibility index (Phi) is 5.44. The Morgan fingerprint density at radius 3 is 2.33 bits per heavy atom. The van der Waals surface area contributed by atoms with Gasteiger partial charge in [-0.25, -0.2) is 0 Å². The topological polar surface area (TPSA) is 17.1 Å². The molecule has 1 nitrogen and oxygen atoms in total. The first-order chi connectivity index (χ1) is 8.86. The third kappa shape index (κ3) is 4.29. The summed E-state index contributed by atoms with van der Waals surface area (Å²) in [6.07, 6.45) is 10.3. The van der Waals surface area contributed by atoms with Crippen LogP contribution in [0.3, 0.4) is 0 Å². The number of rotatable bonds is 5. The SMILES string of the molecule is O=C(CCCc1ccccc1)C1CCCCCC1. The van der Waals surface area contributed by atoms with Crippen molar-refractivity contribution in [1.29, 1.82) is 0 Å². The predicted molar refractivity (Wildman–Crippen MR) is 75.6 cm³/mol. The van der Waals surface area contributed by atoms with E-state index in [0.29, 0.717) is 11.7 Å². The van der Waals surface area contributed by atoms with E-state index < -0.39 is 0 Å². The molecule has 1 aliphatic carbocycles. The quantitative estimate of drug-likeness (QED) is 0.694. The Hall–Kier alpha value is -1.11. The first-order valence-corrected chi connectivity index (χ1v) is 7.43. The maximum Gasteiger partial charge on any atom is 0.135 e. The Balaban J connectivity index is 1.71. The largest absolute Gasteiger partial charge is 0.299 e. The average molecular weight is 244 g/mol. The lowest BCUT2D eigenvalue weighted by Crippen LogP contribution is -2.13. The summed E-state index contributed by atoms with van der Waals surface area (Å²) in [5.41, 5.74) is 1.35. The smallest absolute Gasteiger partial charge is 0.135 e. The Morgan fingerprint density at radius 1 is 1.00 bits per heavy atom. The van der Waals surface area contributed by atoms with Crippen LogP contribution in [0.1, 0.15) is 56.9 Å². The number of hydrogen-bond acceptors (Lipinski definition) is 1. The molecule has 0 atom stereocenters. The van der Waals surface area contributed by atoms with Crippen LogP contribution >= 0.6 is 0 Å². The molecule has 1 saturated carbocycles. The van der Waals surface area contributed by atoms with Crippen LogP contribution in [0.15, 0.2) is 30.3 Å². The van der Waals surface area contributed by atoms with E-state index in [9.17, 15) is 4.79 Å². The summed E-state index contributed by atoms with van der Waals surface area (Å²) in [5.74, 6) is 0.899. The molecule has 0 unspecified atom stereocenters. The van der Waals surface area contributed by atoms with Gasteiger partial charge in [0.2, 0.25) is 0 Å². The van der Waals surface area contributed by atoms with Gasteiger partial charge >= 0.3 is 0 Å². The molecule has 1 aromatic rings. The monoisotopic (exact) mass is 244 g/mol. The van der Waals surface area contributed by atoms with E-state index in [1.165, 1.54) is 31.2 Å². The van der Waals surface area contributed by atoms with Gasteiger partial charge in [0.05, 0.1) is 0 Å². The zero-order valence-electron chi connectivity index (χ0n) is 11.2. The fourth-order valence-corrected chi connectivity index (χ4v) is 2.92. The zero-order valence-corrected chi connectivity index (χ0v) is 11.2. The highest BCUT2D eigenvalue weighted by molar-refractivity contribution is 5.80. The number of carbonyl (C=O) groups excluding carboxylic acids is 1. The number of aryl methyl sites for hydroxylation is 1. The molecule has 98 valence electrons. The molecule has 1 aromatic carbocycles. The normalized spacial score (nSPS) is 17.3. The third-order valence-corrected chi connectivity index (χ3v) is 4.04. The summed E-state index contributed by atoms with van der Waals surface area (Å²) >= 11 is 0. The first kappa shape index (κ1) is 13.3. The number of benzene rings is 1. The molecule has 0 N–H and O–H groups in total. The molecule has 0 spiro atoms. The summed E-state index contributed by atoms with van der Waals surface area (Å²) in [4.78, 5) is 12.1. The van der Waals surface area contributed by atoms with E-state index in [1.807, 2.05) is 6.07 Å². The molecule has 0 aliphatic heterocycles. The second kappa shape index (κ2) is 7.35. The van der Waals surface area contributed by atoms with Crippen molar-refractivity contribution >= 4 is 5.78 Å². The highest BCUT2D eigenvalue weighted by Gasteiger charge is 2.19. The zero-order chi connectivity index (χ0) is 12.6. The maximum absolute atomic E-state index is 12.1. The molecular formula is C17H24O. The van der Waals surface area contributed by atoms with Crippen molar-refractivity contribution in [3.05, 3.63) is 35.9 Å². The van der Waals surface area contributed by atoms with Gasteiger partial charge in [-0.2, -0.15) is 0 Å². The summed E-state index contributed by atoms with van der Waals surface area (Å²) in [5, 5.41) is 0. The fourth-order valence-electron chi connectivity index (χ4n) is 2.92. The van der Waals surface area contributed by atoms with E-state index in [4.69, 9.17) is 0 Å². The molecule has 0 heterocycles. The minimum Gasteiger partial charge on any atom is -0.299 e. The molecule has 18 heavy (non-hydrogen) atoms. The van der Waals surface area contributed by atoms with E-state index in [0.717, 1.165) is 32.1 Å². The molecule has 0 radical (unpaired) electrons. The highest BCUT2D eigenvalue weighted by atomic mass is 16.1. The van der Waals surface area contributed by atoms with Crippen LogP contribution in [0.25, 0.3) is 0 Å². The van der Waals surface area contributed by atoms with E-state index >= 15 is 0 Å². The van der Waals surface area contributed by atoms with E-state index in [-0.39, 0.29) is 0 Å². The summed E-state index contributed by atoms with van der Waals surface area (Å²) in [6, 6.07) is 10.5. The van der Waals surface area contributed by atoms with Gasteiger partial charge in [-0.05, 0) is 31.2 Å². The van der Waals surface area contributed by atoms with Gasteiger partial charge in [-0.15, -0.1) is 0 Å². The summed E-state index contributed by atoms with van der Waals surface area (Å²) < 4.78 is 0. The van der Waals surface area contributed by atoms with Gasteiger partial charge in [0.25, 0.3) is 0 Å². The molecule has 0 aromatic heterocycles. The van der Waals surface area contributed by atoms with Crippen molar-refractivity contribution in [1.82, 2.24) is 0 Å². The number of Topliss-reactive ketones (excluding diaryl/α,β-unsaturated/α-hetero) is 1. The lowest BCUT2D eigenvalue weighted by atomic mass is 9.92. The lowest BCUT2D eigenvalue weighted by Gasteiger charge is -2.12. The van der Waals surface area contributed by atoms with Crippen molar-refractivity contribution in [3.8, 4) is 0 Å². The van der Waals surface area contributed by atoms with E-state index in [1.54, 1.807) is 0 Å². The summed E-state index contributed by atoms with van der Waals surface area (Å²) in [7, 11) is 0. The minimum atomic E-state index is 0.378. The van der Waals surface area contributed by atoms with Crippen LogP contribution < -0.4 is 0 Å². The number of ketones is 1. The number of carbonyl (C=O) groups is 1. The van der Waals surface area contributed by atoms with E-state index in [2.05, 4.69) is 24.3 Å². The van der Waals surface area contributed by atoms with Crippen molar-refractivity contribution in [2.75, 3.05) is 0 Å². The van der Waals surface area contributed by atoms with Crippen LogP contribution in [0.4, 0.5) is 0 Å². The molecule has 2 rings (SSSR count). The lowest BCUT2D eigenvalue weighted by molar-refractivity contribution is -0.123. The van der Waals surface area contributed by atoms with Gasteiger partial charge in [-0.1, -0.05) is 56.0 Å². The van der Waals surface area contributed by atoms with Crippen molar-refractivity contribution < 1.29 is 4.79 Å². The molecular weight excluding hydrogens is 220 g/mol. The van der Waals surface area contributed by atoms with Gasteiger partial charge in [0.15, 0.2) is 0 Å².